The largest absolute Gasteiger partial charge is 0.480 e. The smallest absolute Gasteiger partial charge is 0.323 e. The monoisotopic (exact) mass is 214 g/mol. The zero-order valence-electron chi connectivity index (χ0n) is 9.99. The average molecular weight is 214 g/mol. The van der Waals surface area contributed by atoms with Crippen LogP contribution < -0.4 is 0 Å². The Hall–Kier alpha value is -0.610. The zero-order valence-corrected chi connectivity index (χ0v) is 9.99. The van der Waals surface area contributed by atoms with E-state index in [1.807, 2.05) is 21.0 Å². The molecule has 0 aromatic heterocycles. The fraction of sp³-hybridized carbons (Fsp3) is 0.909. The first-order chi connectivity index (χ1) is 6.97. The van der Waals surface area contributed by atoms with Crippen molar-refractivity contribution in [3.63, 3.8) is 0 Å². The second-order valence-electron chi connectivity index (χ2n) is 4.83. The molecule has 88 valence electrons. The van der Waals surface area contributed by atoms with E-state index in [4.69, 9.17) is 0 Å². The van der Waals surface area contributed by atoms with Gasteiger partial charge in [-0.25, -0.2) is 0 Å². The molecule has 4 heteroatoms. The molecular weight excluding hydrogens is 192 g/mol. The Kier molecular flexibility index (Phi) is 4.11. The second-order valence-corrected chi connectivity index (χ2v) is 4.83. The van der Waals surface area contributed by atoms with Crippen LogP contribution in [0.4, 0.5) is 0 Å². The van der Waals surface area contributed by atoms with E-state index >= 15 is 0 Å². The van der Waals surface area contributed by atoms with Crippen LogP contribution in [0.25, 0.3) is 0 Å². The fourth-order valence-electron chi connectivity index (χ4n) is 2.20. The van der Waals surface area contributed by atoms with Gasteiger partial charge in [0, 0.05) is 6.54 Å². The van der Waals surface area contributed by atoms with Gasteiger partial charge in [0.05, 0.1) is 0 Å². The van der Waals surface area contributed by atoms with Gasteiger partial charge in [-0.05, 0) is 53.4 Å². The molecule has 4 nitrogen and oxygen atoms in total. The molecule has 1 saturated heterocycles. The third-order valence-corrected chi connectivity index (χ3v) is 3.28. The minimum atomic E-state index is -0.676. The maximum Gasteiger partial charge on any atom is 0.323 e. The van der Waals surface area contributed by atoms with Crippen LogP contribution in [0, 0.1) is 0 Å². The quantitative estimate of drug-likeness (QED) is 0.738. The Morgan fingerprint density at radius 1 is 1.53 bits per heavy atom. The molecule has 1 unspecified atom stereocenters. The Morgan fingerprint density at radius 2 is 2.20 bits per heavy atom. The van der Waals surface area contributed by atoms with Crippen molar-refractivity contribution in [2.24, 2.45) is 0 Å². The zero-order chi connectivity index (χ0) is 11.5. The summed E-state index contributed by atoms with van der Waals surface area (Å²) >= 11 is 0. The van der Waals surface area contributed by atoms with Crippen LogP contribution in [0.15, 0.2) is 0 Å². The molecule has 0 aromatic rings. The molecule has 1 heterocycles. The highest BCUT2D eigenvalue weighted by atomic mass is 16.4. The lowest BCUT2D eigenvalue weighted by Crippen LogP contribution is -2.48. The fourth-order valence-corrected chi connectivity index (χ4v) is 2.20. The molecule has 1 aliphatic heterocycles. The number of nitrogens with zero attached hydrogens (tertiary/aromatic N) is 2. The van der Waals surface area contributed by atoms with Gasteiger partial charge < -0.3 is 10.0 Å². The first-order valence-electron chi connectivity index (χ1n) is 5.60. The van der Waals surface area contributed by atoms with Gasteiger partial charge in [0.15, 0.2) is 0 Å². The van der Waals surface area contributed by atoms with Gasteiger partial charge in [0.25, 0.3) is 0 Å². The Balaban J connectivity index is 2.43. The van der Waals surface area contributed by atoms with Gasteiger partial charge >= 0.3 is 5.97 Å². The molecule has 1 aliphatic rings. The van der Waals surface area contributed by atoms with E-state index in [-0.39, 0.29) is 0 Å². The van der Waals surface area contributed by atoms with E-state index < -0.39 is 11.5 Å². The molecule has 1 rings (SSSR count). The molecule has 1 N–H and O–H groups in total. The van der Waals surface area contributed by atoms with Crippen molar-refractivity contribution in [2.45, 2.75) is 31.7 Å². The molecule has 1 atom stereocenters. The summed E-state index contributed by atoms with van der Waals surface area (Å²) in [5, 5.41) is 9.20. The maximum absolute atomic E-state index is 11.2. The lowest BCUT2D eigenvalue weighted by Gasteiger charge is -2.31. The van der Waals surface area contributed by atoms with Crippen molar-refractivity contribution in [3.05, 3.63) is 0 Å². The molecule has 0 aliphatic carbocycles. The lowest BCUT2D eigenvalue weighted by atomic mass is 9.99. The number of carboxylic acid groups (broad SMARTS) is 1. The molecule has 0 aromatic carbocycles. The van der Waals surface area contributed by atoms with Crippen LogP contribution in [-0.2, 0) is 4.79 Å². The van der Waals surface area contributed by atoms with Crippen LogP contribution >= 0.6 is 0 Å². The maximum atomic E-state index is 11.2. The van der Waals surface area contributed by atoms with Gasteiger partial charge in [0.1, 0.15) is 5.54 Å². The number of aliphatic carboxylic acids is 1. The summed E-state index contributed by atoms with van der Waals surface area (Å²) in [5.41, 5.74) is -0.619. The Morgan fingerprint density at radius 3 is 2.73 bits per heavy atom. The molecular formula is C11H22N2O2. The minimum Gasteiger partial charge on any atom is -0.480 e. The van der Waals surface area contributed by atoms with E-state index in [0.717, 1.165) is 38.9 Å². The highest BCUT2D eigenvalue weighted by Gasteiger charge is 2.42. The van der Waals surface area contributed by atoms with Crippen molar-refractivity contribution < 1.29 is 9.90 Å². The van der Waals surface area contributed by atoms with E-state index in [0.29, 0.717) is 0 Å². The van der Waals surface area contributed by atoms with Crippen molar-refractivity contribution in [3.8, 4) is 0 Å². The van der Waals surface area contributed by atoms with Crippen molar-refractivity contribution >= 4 is 5.97 Å². The molecule has 0 radical (unpaired) electrons. The van der Waals surface area contributed by atoms with E-state index in [2.05, 4.69) is 9.80 Å². The predicted octanol–water partition coefficient (Wildman–Crippen LogP) is 0.877. The highest BCUT2D eigenvalue weighted by molar-refractivity contribution is 5.78. The first kappa shape index (κ1) is 12.5. The topological polar surface area (TPSA) is 43.8 Å². The number of hydrogen-bond donors (Lipinski definition) is 1. The molecule has 0 saturated carbocycles. The van der Waals surface area contributed by atoms with Crippen molar-refractivity contribution in [2.75, 3.05) is 33.7 Å². The van der Waals surface area contributed by atoms with E-state index in [1.165, 1.54) is 0 Å². The number of likely N-dealkylation sites (tertiary alicyclic amines) is 1. The van der Waals surface area contributed by atoms with Gasteiger partial charge in [-0.1, -0.05) is 0 Å². The number of carboxylic acids is 1. The first-order valence-corrected chi connectivity index (χ1v) is 5.60. The predicted molar refractivity (Wildman–Crippen MR) is 60.0 cm³/mol. The summed E-state index contributed by atoms with van der Waals surface area (Å²) in [6, 6.07) is 0. The summed E-state index contributed by atoms with van der Waals surface area (Å²) in [5.74, 6) is -0.676. The van der Waals surface area contributed by atoms with Crippen molar-refractivity contribution in [1.82, 2.24) is 9.80 Å². The van der Waals surface area contributed by atoms with Gasteiger partial charge in [-0.3, -0.25) is 9.69 Å². The van der Waals surface area contributed by atoms with Crippen LogP contribution in [0.2, 0.25) is 0 Å². The normalized spacial score (nSPS) is 27.5. The van der Waals surface area contributed by atoms with Gasteiger partial charge in [0.2, 0.25) is 0 Å². The minimum absolute atomic E-state index is 0.619. The summed E-state index contributed by atoms with van der Waals surface area (Å²) in [7, 11) is 4.08. The summed E-state index contributed by atoms with van der Waals surface area (Å²) < 4.78 is 0. The number of rotatable bonds is 5. The molecule has 15 heavy (non-hydrogen) atoms. The van der Waals surface area contributed by atoms with Crippen LogP contribution in [0.5, 0.6) is 0 Å². The average Bonchev–Trinajstić information content (AvgIpc) is 2.49. The van der Waals surface area contributed by atoms with E-state index in [1.54, 1.807) is 0 Å². The van der Waals surface area contributed by atoms with E-state index in [9.17, 15) is 9.90 Å². The summed E-state index contributed by atoms with van der Waals surface area (Å²) in [6.07, 6.45) is 2.82. The number of carbonyl (C=O) groups is 1. The van der Waals surface area contributed by atoms with Crippen LogP contribution in [0.3, 0.4) is 0 Å². The molecule has 0 spiro atoms. The highest BCUT2D eigenvalue weighted by Crippen LogP contribution is 2.29. The SMILES string of the molecule is CN(C)CCCN1CCCC1(C)C(=O)O. The molecule has 0 bridgehead atoms. The molecule has 0 amide bonds. The summed E-state index contributed by atoms with van der Waals surface area (Å²) in [4.78, 5) is 15.4. The van der Waals surface area contributed by atoms with Crippen LogP contribution in [0.1, 0.15) is 26.2 Å². The second kappa shape index (κ2) is 4.94. The molecule has 1 fully saturated rings. The third kappa shape index (κ3) is 2.92. The lowest BCUT2D eigenvalue weighted by molar-refractivity contribution is -0.148. The van der Waals surface area contributed by atoms with Crippen molar-refractivity contribution in [1.29, 1.82) is 0 Å². The van der Waals surface area contributed by atoms with Gasteiger partial charge in [-0.2, -0.15) is 0 Å². The summed E-state index contributed by atoms with van der Waals surface area (Å²) in [6.45, 7) is 4.68. The number of hydrogen-bond acceptors (Lipinski definition) is 3. The van der Waals surface area contributed by atoms with Crippen LogP contribution in [-0.4, -0.2) is 60.1 Å². The van der Waals surface area contributed by atoms with Gasteiger partial charge in [-0.15, -0.1) is 0 Å². The Bertz CT molecular complexity index is 231. The standard InChI is InChI=1S/C11H22N2O2/c1-11(10(14)15)6-4-8-13(11)9-5-7-12(2)3/h4-9H2,1-3H3,(H,14,15). The third-order valence-electron chi connectivity index (χ3n) is 3.28. The Labute approximate surface area is 91.9 Å².